The Hall–Kier alpha value is -1.58. The summed E-state index contributed by atoms with van der Waals surface area (Å²) >= 11 is 0. The van der Waals surface area contributed by atoms with Gasteiger partial charge in [-0.25, -0.2) is 9.78 Å². The molecular formula is C10H14N2O2. The summed E-state index contributed by atoms with van der Waals surface area (Å²) in [4.78, 5) is 16.7. The predicted molar refractivity (Wildman–Crippen MR) is 54.7 cm³/mol. The van der Waals surface area contributed by atoms with Crippen LogP contribution in [-0.4, -0.2) is 29.1 Å². The number of pyridine rings is 1. The topological polar surface area (TPSA) is 53.4 Å². The van der Waals surface area contributed by atoms with Crippen molar-refractivity contribution in [1.82, 2.24) is 4.98 Å². The van der Waals surface area contributed by atoms with Crippen molar-refractivity contribution in [3.8, 4) is 0 Å². The number of aromatic carboxylic acids is 1. The van der Waals surface area contributed by atoms with Gasteiger partial charge in [-0.1, -0.05) is 0 Å². The first-order valence-electron chi connectivity index (χ1n) is 4.44. The molecular weight excluding hydrogens is 180 g/mol. The molecule has 0 saturated heterocycles. The van der Waals surface area contributed by atoms with Crippen molar-refractivity contribution in [2.24, 2.45) is 0 Å². The zero-order valence-corrected chi connectivity index (χ0v) is 8.56. The van der Waals surface area contributed by atoms with E-state index in [0.717, 1.165) is 0 Å². The van der Waals surface area contributed by atoms with E-state index in [1.807, 2.05) is 25.8 Å². The van der Waals surface area contributed by atoms with Crippen molar-refractivity contribution in [2.45, 2.75) is 19.9 Å². The van der Waals surface area contributed by atoms with Gasteiger partial charge in [-0.05, 0) is 26.0 Å². The number of anilines is 1. The number of carboxylic acids is 1. The average molecular weight is 194 g/mol. The van der Waals surface area contributed by atoms with Crippen LogP contribution in [0, 0.1) is 0 Å². The Labute approximate surface area is 83.2 Å². The second-order valence-corrected chi connectivity index (χ2v) is 3.41. The number of carboxylic acid groups (broad SMARTS) is 1. The molecule has 76 valence electrons. The van der Waals surface area contributed by atoms with Crippen molar-refractivity contribution < 1.29 is 9.90 Å². The predicted octanol–water partition coefficient (Wildman–Crippen LogP) is 1.62. The quantitative estimate of drug-likeness (QED) is 0.794. The summed E-state index contributed by atoms with van der Waals surface area (Å²) in [6, 6.07) is 3.36. The van der Waals surface area contributed by atoms with E-state index in [1.165, 1.54) is 12.3 Å². The Kier molecular flexibility index (Phi) is 3.06. The van der Waals surface area contributed by atoms with Crippen LogP contribution in [0.1, 0.15) is 24.2 Å². The second-order valence-electron chi connectivity index (χ2n) is 3.41. The third kappa shape index (κ3) is 2.22. The van der Waals surface area contributed by atoms with Gasteiger partial charge in [0, 0.05) is 19.3 Å². The lowest BCUT2D eigenvalue weighted by molar-refractivity contribution is 0.0697. The van der Waals surface area contributed by atoms with Crippen LogP contribution in [0.15, 0.2) is 18.3 Å². The number of rotatable bonds is 3. The van der Waals surface area contributed by atoms with E-state index in [0.29, 0.717) is 11.9 Å². The molecule has 1 aromatic rings. The monoisotopic (exact) mass is 194 g/mol. The third-order valence-electron chi connectivity index (χ3n) is 2.13. The molecule has 0 atom stereocenters. The van der Waals surface area contributed by atoms with Crippen molar-refractivity contribution in [1.29, 1.82) is 0 Å². The van der Waals surface area contributed by atoms with Crippen LogP contribution < -0.4 is 4.90 Å². The fraction of sp³-hybridized carbons (Fsp3) is 0.400. The molecule has 0 unspecified atom stereocenters. The fourth-order valence-electron chi connectivity index (χ4n) is 1.01. The van der Waals surface area contributed by atoms with E-state index in [1.54, 1.807) is 6.07 Å². The maximum absolute atomic E-state index is 10.7. The van der Waals surface area contributed by atoms with E-state index in [4.69, 9.17) is 5.11 Å². The lowest BCUT2D eigenvalue weighted by atomic mass is 10.2. The van der Waals surface area contributed by atoms with E-state index in [2.05, 4.69) is 4.98 Å². The van der Waals surface area contributed by atoms with Crippen LogP contribution in [0.2, 0.25) is 0 Å². The van der Waals surface area contributed by atoms with Crippen LogP contribution in [0.3, 0.4) is 0 Å². The first-order chi connectivity index (χ1) is 6.52. The van der Waals surface area contributed by atoms with Gasteiger partial charge < -0.3 is 10.0 Å². The van der Waals surface area contributed by atoms with Gasteiger partial charge >= 0.3 is 5.97 Å². The largest absolute Gasteiger partial charge is 0.478 e. The summed E-state index contributed by atoms with van der Waals surface area (Å²) in [6.45, 7) is 4.05. The zero-order chi connectivity index (χ0) is 10.7. The molecule has 4 nitrogen and oxygen atoms in total. The van der Waals surface area contributed by atoms with Gasteiger partial charge in [-0.2, -0.15) is 0 Å². The SMILES string of the molecule is CC(C)N(C)c1cc(C(=O)O)ccn1. The maximum Gasteiger partial charge on any atom is 0.335 e. The molecule has 0 aromatic carbocycles. The molecule has 0 radical (unpaired) electrons. The second kappa shape index (κ2) is 4.09. The molecule has 4 heteroatoms. The van der Waals surface area contributed by atoms with Gasteiger partial charge in [-0.3, -0.25) is 0 Å². The molecule has 0 aliphatic carbocycles. The number of hydrogen-bond acceptors (Lipinski definition) is 3. The summed E-state index contributed by atoms with van der Waals surface area (Å²) in [5.41, 5.74) is 0.266. The molecule has 0 aliphatic heterocycles. The minimum absolute atomic E-state index is 0.266. The van der Waals surface area contributed by atoms with Crippen LogP contribution in [0.4, 0.5) is 5.82 Å². The zero-order valence-electron chi connectivity index (χ0n) is 8.56. The van der Waals surface area contributed by atoms with E-state index in [-0.39, 0.29) is 5.56 Å². The molecule has 1 N–H and O–H groups in total. The molecule has 0 saturated carbocycles. The summed E-state index contributed by atoms with van der Waals surface area (Å²) in [6.07, 6.45) is 1.51. The Morgan fingerprint density at radius 3 is 2.71 bits per heavy atom. The Balaban J connectivity index is 2.99. The highest BCUT2D eigenvalue weighted by molar-refractivity contribution is 5.88. The highest BCUT2D eigenvalue weighted by Gasteiger charge is 2.09. The van der Waals surface area contributed by atoms with Gasteiger partial charge in [0.2, 0.25) is 0 Å². The van der Waals surface area contributed by atoms with E-state index < -0.39 is 5.97 Å². The smallest absolute Gasteiger partial charge is 0.335 e. The highest BCUT2D eigenvalue weighted by atomic mass is 16.4. The molecule has 0 aliphatic rings. The van der Waals surface area contributed by atoms with Crippen molar-refractivity contribution in [3.63, 3.8) is 0 Å². The molecule has 0 spiro atoms. The summed E-state index contributed by atoms with van der Waals surface area (Å²) in [7, 11) is 1.89. The van der Waals surface area contributed by atoms with Crippen LogP contribution >= 0.6 is 0 Å². The van der Waals surface area contributed by atoms with Gasteiger partial charge in [0.15, 0.2) is 0 Å². The third-order valence-corrected chi connectivity index (χ3v) is 2.13. The number of aromatic nitrogens is 1. The number of hydrogen-bond donors (Lipinski definition) is 1. The standard InChI is InChI=1S/C10H14N2O2/c1-7(2)12(3)9-6-8(10(13)14)4-5-11-9/h4-7H,1-3H3,(H,13,14). The van der Waals surface area contributed by atoms with Crippen molar-refractivity contribution in [2.75, 3.05) is 11.9 Å². The minimum atomic E-state index is -0.925. The Morgan fingerprint density at radius 1 is 1.57 bits per heavy atom. The summed E-state index contributed by atoms with van der Waals surface area (Å²) in [5, 5.41) is 8.78. The fourth-order valence-corrected chi connectivity index (χ4v) is 1.01. The number of carbonyl (C=O) groups is 1. The lowest BCUT2D eigenvalue weighted by Gasteiger charge is -2.22. The molecule has 0 bridgehead atoms. The highest BCUT2D eigenvalue weighted by Crippen LogP contribution is 2.13. The molecule has 1 rings (SSSR count). The van der Waals surface area contributed by atoms with E-state index >= 15 is 0 Å². The molecule has 0 fully saturated rings. The molecule has 14 heavy (non-hydrogen) atoms. The maximum atomic E-state index is 10.7. The summed E-state index contributed by atoms with van der Waals surface area (Å²) in [5.74, 6) is -0.245. The Morgan fingerprint density at radius 2 is 2.21 bits per heavy atom. The summed E-state index contributed by atoms with van der Waals surface area (Å²) < 4.78 is 0. The van der Waals surface area contributed by atoms with Crippen molar-refractivity contribution in [3.05, 3.63) is 23.9 Å². The molecule has 1 heterocycles. The number of nitrogens with zero attached hydrogens (tertiary/aromatic N) is 2. The molecule has 1 aromatic heterocycles. The van der Waals surface area contributed by atoms with Crippen LogP contribution in [-0.2, 0) is 0 Å². The van der Waals surface area contributed by atoms with Gasteiger partial charge in [0.1, 0.15) is 5.82 Å². The van der Waals surface area contributed by atoms with Gasteiger partial charge in [-0.15, -0.1) is 0 Å². The molecule has 0 amide bonds. The average Bonchev–Trinajstić information content (AvgIpc) is 2.16. The minimum Gasteiger partial charge on any atom is -0.478 e. The van der Waals surface area contributed by atoms with Crippen molar-refractivity contribution >= 4 is 11.8 Å². The Bertz CT molecular complexity index is 337. The van der Waals surface area contributed by atoms with Crippen LogP contribution in [0.25, 0.3) is 0 Å². The van der Waals surface area contributed by atoms with Crippen LogP contribution in [0.5, 0.6) is 0 Å². The van der Waals surface area contributed by atoms with Gasteiger partial charge in [0.25, 0.3) is 0 Å². The first kappa shape index (κ1) is 10.5. The lowest BCUT2D eigenvalue weighted by Crippen LogP contribution is -2.26. The van der Waals surface area contributed by atoms with Gasteiger partial charge in [0.05, 0.1) is 5.56 Å². The van der Waals surface area contributed by atoms with E-state index in [9.17, 15) is 4.79 Å². The normalized spacial score (nSPS) is 10.3. The first-order valence-corrected chi connectivity index (χ1v) is 4.44.